The summed E-state index contributed by atoms with van der Waals surface area (Å²) in [5.74, 6) is -5.76. The highest BCUT2D eigenvalue weighted by Gasteiger charge is 2.64. The lowest BCUT2D eigenvalue weighted by Gasteiger charge is -2.24. The molecule has 0 bridgehead atoms. The van der Waals surface area contributed by atoms with Crippen LogP contribution in [0.15, 0.2) is 18.2 Å². The second-order valence-electron chi connectivity index (χ2n) is 3.23. The monoisotopic (exact) mass is 234 g/mol. The minimum Gasteiger partial charge on any atom is -0.507 e. The number of cyclic esters (lactones) is 1. The van der Waals surface area contributed by atoms with Gasteiger partial charge in [-0.1, -0.05) is 12.1 Å². The molecule has 86 valence electrons. The molecule has 7 heteroatoms. The van der Waals surface area contributed by atoms with Crippen LogP contribution < -0.4 is 0 Å². The topological polar surface area (TPSA) is 66.8 Å². The van der Waals surface area contributed by atoms with Gasteiger partial charge in [-0.3, -0.25) is 0 Å². The maximum absolute atomic E-state index is 12.5. The molecule has 1 heterocycles. The number of rotatable bonds is 0. The van der Waals surface area contributed by atoms with Crippen LogP contribution in [-0.4, -0.2) is 22.4 Å². The molecule has 2 rings (SSSR count). The molecule has 1 unspecified atom stereocenters. The van der Waals surface area contributed by atoms with Crippen molar-refractivity contribution >= 4 is 5.97 Å². The standard InChI is InChI=1S/C9H5F3O4/c10-9(11,12)8(15)4-2-1-3-5(13)6(4)7(14)16-8/h1-3,13,15H. The summed E-state index contributed by atoms with van der Waals surface area (Å²) < 4.78 is 41.5. The number of carbonyl (C=O) groups excluding carboxylic acids is 1. The predicted octanol–water partition coefficient (Wildman–Crippen LogP) is 1.27. The van der Waals surface area contributed by atoms with Gasteiger partial charge in [0.1, 0.15) is 11.3 Å². The average molecular weight is 234 g/mol. The third-order valence-corrected chi connectivity index (χ3v) is 2.24. The average Bonchev–Trinajstić information content (AvgIpc) is 2.40. The van der Waals surface area contributed by atoms with Crippen molar-refractivity contribution < 1.29 is 32.9 Å². The van der Waals surface area contributed by atoms with Crippen LogP contribution in [0.1, 0.15) is 15.9 Å². The van der Waals surface area contributed by atoms with Gasteiger partial charge < -0.3 is 14.9 Å². The first-order chi connectivity index (χ1) is 7.27. The van der Waals surface area contributed by atoms with Crippen LogP contribution in [0.3, 0.4) is 0 Å². The molecule has 1 aliphatic heterocycles. The maximum atomic E-state index is 12.5. The molecular weight excluding hydrogens is 229 g/mol. The lowest BCUT2D eigenvalue weighted by molar-refractivity contribution is -0.349. The number of phenolic OH excluding ortho intramolecular Hbond substituents is 1. The van der Waals surface area contributed by atoms with Gasteiger partial charge in [-0.15, -0.1) is 0 Å². The Labute approximate surface area is 86.9 Å². The van der Waals surface area contributed by atoms with Crippen LogP contribution in [0.25, 0.3) is 0 Å². The number of aromatic hydroxyl groups is 1. The summed E-state index contributed by atoms with van der Waals surface area (Å²) >= 11 is 0. The van der Waals surface area contributed by atoms with E-state index in [0.717, 1.165) is 18.2 Å². The first-order valence-corrected chi connectivity index (χ1v) is 4.12. The number of ether oxygens (including phenoxy) is 1. The van der Waals surface area contributed by atoms with E-state index in [1.165, 1.54) is 0 Å². The molecule has 1 aromatic rings. The molecule has 1 aromatic carbocycles. The molecule has 1 atom stereocenters. The van der Waals surface area contributed by atoms with E-state index in [4.69, 9.17) is 0 Å². The Balaban J connectivity index is 2.69. The van der Waals surface area contributed by atoms with E-state index in [1.807, 2.05) is 0 Å². The zero-order valence-corrected chi connectivity index (χ0v) is 7.58. The van der Waals surface area contributed by atoms with Crippen LogP contribution in [0.5, 0.6) is 5.75 Å². The van der Waals surface area contributed by atoms with Crippen molar-refractivity contribution in [3.63, 3.8) is 0 Å². The Morgan fingerprint density at radius 1 is 1.31 bits per heavy atom. The molecule has 0 saturated heterocycles. The van der Waals surface area contributed by atoms with Gasteiger partial charge >= 0.3 is 17.9 Å². The Hall–Kier alpha value is -1.76. The Bertz CT molecular complexity index is 468. The number of aliphatic hydroxyl groups is 1. The van der Waals surface area contributed by atoms with Gasteiger partial charge in [0.05, 0.1) is 5.56 Å². The zero-order valence-electron chi connectivity index (χ0n) is 7.58. The SMILES string of the molecule is O=C1OC(O)(C(F)(F)F)c2cccc(O)c21. The molecule has 4 nitrogen and oxygen atoms in total. The Morgan fingerprint density at radius 2 is 1.94 bits per heavy atom. The van der Waals surface area contributed by atoms with E-state index in [9.17, 15) is 28.2 Å². The van der Waals surface area contributed by atoms with E-state index >= 15 is 0 Å². The quantitative estimate of drug-likeness (QED) is 0.663. The van der Waals surface area contributed by atoms with Gasteiger partial charge in [0.2, 0.25) is 0 Å². The predicted molar refractivity (Wildman–Crippen MR) is 43.5 cm³/mol. The summed E-state index contributed by atoms with van der Waals surface area (Å²) in [5.41, 5.74) is -1.47. The Kier molecular flexibility index (Phi) is 1.94. The first kappa shape index (κ1) is 10.7. The fraction of sp³-hybridized carbons (Fsp3) is 0.222. The van der Waals surface area contributed by atoms with E-state index in [-0.39, 0.29) is 0 Å². The first-order valence-electron chi connectivity index (χ1n) is 4.12. The van der Waals surface area contributed by atoms with Gasteiger partial charge in [0.25, 0.3) is 0 Å². The minimum atomic E-state index is -5.16. The molecule has 16 heavy (non-hydrogen) atoms. The second-order valence-corrected chi connectivity index (χ2v) is 3.23. The van der Waals surface area contributed by atoms with E-state index in [1.54, 1.807) is 0 Å². The van der Waals surface area contributed by atoms with Crippen molar-refractivity contribution in [3.05, 3.63) is 29.3 Å². The normalized spacial score (nSPS) is 24.1. The van der Waals surface area contributed by atoms with Gasteiger partial charge in [0.15, 0.2) is 0 Å². The molecule has 0 saturated carbocycles. The van der Waals surface area contributed by atoms with Crippen LogP contribution >= 0.6 is 0 Å². The van der Waals surface area contributed by atoms with Crippen molar-refractivity contribution in [2.75, 3.05) is 0 Å². The largest absolute Gasteiger partial charge is 0.507 e. The van der Waals surface area contributed by atoms with Crippen molar-refractivity contribution in [3.8, 4) is 5.75 Å². The van der Waals surface area contributed by atoms with Gasteiger partial charge in [-0.05, 0) is 6.07 Å². The van der Waals surface area contributed by atoms with E-state index < -0.39 is 34.8 Å². The lowest BCUT2D eigenvalue weighted by atomic mass is 10.0. The lowest BCUT2D eigenvalue weighted by Crippen LogP contribution is -2.42. The van der Waals surface area contributed by atoms with Gasteiger partial charge in [-0.25, -0.2) is 4.79 Å². The molecular formula is C9H5F3O4. The fourth-order valence-corrected chi connectivity index (χ4v) is 1.49. The fourth-order valence-electron chi connectivity index (χ4n) is 1.49. The zero-order chi connectivity index (χ0) is 12.1. The summed E-state index contributed by atoms with van der Waals surface area (Å²) in [5, 5.41) is 18.5. The van der Waals surface area contributed by atoms with Gasteiger partial charge in [-0.2, -0.15) is 13.2 Å². The molecule has 1 aliphatic rings. The van der Waals surface area contributed by atoms with Crippen molar-refractivity contribution in [1.82, 2.24) is 0 Å². The summed E-state index contributed by atoms with van der Waals surface area (Å²) in [6, 6.07) is 2.97. The minimum absolute atomic E-state index is 0.664. The third kappa shape index (κ3) is 1.18. The number of halogens is 3. The van der Waals surface area contributed by atoms with Crippen LogP contribution in [0.2, 0.25) is 0 Å². The number of carbonyl (C=O) groups is 1. The van der Waals surface area contributed by atoms with Gasteiger partial charge in [0, 0.05) is 0 Å². The highest BCUT2D eigenvalue weighted by atomic mass is 19.4. The molecule has 0 aliphatic carbocycles. The van der Waals surface area contributed by atoms with Crippen LogP contribution in [-0.2, 0) is 10.5 Å². The molecule has 0 radical (unpaired) electrons. The third-order valence-electron chi connectivity index (χ3n) is 2.24. The van der Waals surface area contributed by atoms with Crippen LogP contribution in [0.4, 0.5) is 13.2 Å². The number of alkyl halides is 3. The summed E-state index contributed by atoms with van der Waals surface area (Å²) in [6.07, 6.45) is -5.16. The summed E-state index contributed by atoms with van der Waals surface area (Å²) in [7, 11) is 0. The number of esters is 1. The van der Waals surface area contributed by atoms with Crippen LogP contribution in [0, 0.1) is 0 Å². The number of fused-ring (bicyclic) bond motifs is 1. The van der Waals surface area contributed by atoms with E-state index in [0.29, 0.717) is 0 Å². The van der Waals surface area contributed by atoms with Crippen molar-refractivity contribution in [1.29, 1.82) is 0 Å². The smallest absolute Gasteiger partial charge is 0.460 e. The van der Waals surface area contributed by atoms with Crippen molar-refractivity contribution in [2.45, 2.75) is 12.0 Å². The number of benzene rings is 1. The number of hydrogen-bond donors (Lipinski definition) is 2. The number of phenols is 1. The highest BCUT2D eigenvalue weighted by molar-refractivity contribution is 5.97. The summed E-state index contributed by atoms with van der Waals surface area (Å²) in [4.78, 5) is 11.1. The van der Waals surface area contributed by atoms with E-state index in [2.05, 4.69) is 4.74 Å². The molecule has 0 spiro atoms. The molecule has 0 amide bonds. The highest BCUT2D eigenvalue weighted by Crippen LogP contribution is 2.47. The summed E-state index contributed by atoms with van der Waals surface area (Å²) in [6.45, 7) is 0. The van der Waals surface area contributed by atoms with Crippen molar-refractivity contribution in [2.24, 2.45) is 0 Å². The molecule has 2 N–H and O–H groups in total. The molecule has 0 fully saturated rings. The molecule has 0 aromatic heterocycles. The Morgan fingerprint density at radius 3 is 2.50 bits per heavy atom. The second kappa shape index (κ2) is 2.88. The number of hydrogen-bond acceptors (Lipinski definition) is 4. The maximum Gasteiger partial charge on any atom is 0.460 e.